The molecule has 0 N–H and O–H groups in total. The summed E-state index contributed by atoms with van der Waals surface area (Å²) in [6.45, 7) is 8.85. The average molecular weight is 427 g/mol. The number of carbonyl (C=O) groups is 1. The minimum absolute atomic E-state index is 0.308. The Balaban J connectivity index is 1.93. The van der Waals surface area contributed by atoms with Crippen molar-refractivity contribution in [1.82, 2.24) is 8.75 Å². The predicted molar refractivity (Wildman–Crippen MR) is 115 cm³/mol. The SMILES string of the molecule is CCCCCCOc1nsnc1C1=CCC[N+](C)([C@@H](C)OC(=O)OCCCC)C1. The van der Waals surface area contributed by atoms with Crippen molar-refractivity contribution in [1.29, 1.82) is 0 Å². The zero-order valence-corrected chi connectivity index (χ0v) is 19.1. The number of nitrogens with zero attached hydrogens (tertiary/aromatic N) is 3. The molecule has 1 aliphatic rings. The number of aromatic nitrogens is 2. The number of quaternary nitrogens is 1. The molecule has 1 aliphatic heterocycles. The summed E-state index contributed by atoms with van der Waals surface area (Å²) >= 11 is 1.18. The first kappa shape index (κ1) is 23.6. The monoisotopic (exact) mass is 426 g/mol. The van der Waals surface area contributed by atoms with E-state index in [0.29, 0.717) is 30.1 Å². The van der Waals surface area contributed by atoms with E-state index in [-0.39, 0.29) is 6.23 Å². The van der Waals surface area contributed by atoms with Crippen molar-refractivity contribution >= 4 is 23.5 Å². The maximum absolute atomic E-state index is 12.0. The van der Waals surface area contributed by atoms with Crippen LogP contribution < -0.4 is 4.74 Å². The van der Waals surface area contributed by atoms with Gasteiger partial charge in [-0.3, -0.25) is 4.48 Å². The Morgan fingerprint density at radius 2 is 1.97 bits per heavy atom. The van der Waals surface area contributed by atoms with Crippen molar-refractivity contribution < 1.29 is 23.5 Å². The van der Waals surface area contributed by atoms with Crippen LogP contribution in [0.25, 0.3) is 5.57 Å². The summed E-state index contributed by atoms with van der Waals surface area (Å²) in [4.78, 5) is 12.0. The molecule has 1 unspecified atom stereocenters. The predicted octanol–water partition coefficient (Wildman–Crippen LogP) is 5.03. The van der Waals surface area contributed by atoms with Gasteiger partial charge in [0, 0.05) is 18.9 Å². The normalized spacial score (nSPS) is 20.1. The number of ether oxygens (including phenoxy) is 3. The molecule has 2 heterocycles. The molecule has 0 bridgehead atoms. The minimum Gasteiger partial charge on any atom is -0.475 e. The average Bonchev–Trinajstić information content (AvgIpc) is 3.16. The van der Waals surface area contributed by atoms with Gasteiger partial charge in [0.15, 0.2) is 0 Å². The summed E-state index contributed by atoms with van der Waals surface area (Å²) in [6.07, 6.45) is 8.66. The first-order chi connectivity index (χ1) is 14.0. The zero-order valence-electron chi connectivity index (χ0n) is 18.3. The largest absolute Gasteiger partial charge is 0.512 e. The number of hydrogen-bond acceptors (Lipinski definition) is 7. The van der Waals surface area contributed by atoms with Gasteiger partial charge in [0.25, 0.3) is 5.88 Å². The number of likely N-dealkylation sites (N-methyl/N-ethyl adjacent to an activating group) is 1. The van der Waals surface area contributed by atoms with Gasteiger partial charge in [-0.2, -0.15) is 4.37 Å². The van der Waals surface area contributed by atoms with Gasteiger partial charge < -0.3 is 14.2 Å². The van der Waals surface area contributed by atoms with Crippen molar-refractivity contribution in [2.24, 2.45) is 0 Å². The molecule has 29 heavy (non-hydrogen) atoms. The van der Waals surface area contributed by atoms with Crippen LogP contribution in [-0.2, 0) is 9.47 Å². The van der Waals surface area contributed by atoms with Crippen molar-refractivity contribution in [2.75, 3.05) is 33.4 Å². The third kappa shape index (κ3) is 7.26. The third-order valence-corrected chi connectivity index (χ3v) is 5.94. The Kier molecular flexibility index (Phi) is 9.87. The molecule has 8 heteroatoms. The van der Waals surface area contributed by atoms with E-state index in [0.717, 1.165) is 43.5 Å². The number of hydrogen-bond donors (Lipinski definition) is 0. The molecule has 0 fully saturated rings. The Morgan fingerprint density at radius 3 is 2.72 bits per heavy atom. The summed E-state index contributed by atoms with van der Waals surface area (Å²) in [5, 5.41) is 0. The highest BCUT2D eigenvalue weighted by Gasteiger charge is 2.37. The minimum atomic E-state index is -0.590. The fraction of sp³-hybridized carbons (Fsp3) is 0.762. The van der Waals surface area contributed by atoms with E-state index in [4.69, 9.17) is 14.2 Å². The fourth-order valence-electron chi connectivity index (χ4n) is 3.32. The van der Waals surface area contributed by atoms with E-state index in [1.165, 1.54) is 31.0 Å². The third-order valence-electron chi connectivity index (χ3n) is 5.42. The molecular formula is C21H36N3O4S+. The lowest BCUT2D eigenvalue weighted by Crippen LogP contribution is -2.55. The van der Waals surface area contributed by atoms with Gasteiger partial charge in [-0.25, -0.2) is 4.79 Å². The molecule has 7 nitrogen and oxygen atoms in total. The van der Waals surface area contributed by atoms with E-state index in [1.54, 1.807) is 0 Å². The highest BCUT2D eigenvalue weighted by atomic mass is 32.1. The molecule has 1 aromatic rings. The smallest absolute Gasteiger partial charge is 0.475 e. The van der Waals surface area contributed by atoms with Crippen molar-refractivity contribution in [3.05, 3.63) is 11.8 Å². The molecule has 0 aliphatic carbocycles. The molecular weight excluding hydrogens is 390 g/mol. The molecule has 0 radical (unpaired) electrons. The van der Waals surface area contributed by atoms with E-state index in [2.05, 4.69) is 35.7 Å². The fourth-order valence-corrected chi connectivity index (χ4v) is 3.85. The zero-order chi connectivity index (χ0) is 21.1. The maximum atomic E-state index is 12.0. The van der Waals surface area contributed by atoms with Gasteiger partial charge in [0.05, 0.1) is 38.5 Å². The summed E-state index contributed by atoms with van der Waals surface area (Å²) in [5.74, 6) is 0.624. The second-order valence-corrected chi connectivity index (χ2v) is 8.40. The van der Waals surface area contributed by atoms with Crippen LogP contribution in [0.15, 0.2) is 6.08 Å². The molecule has 0 amide bonds. The van der Waals surface area contributed by atoms with Crippen LogP contribution in [0.3, 0.4) is 0 Å². The quantitative estimate of drug-likeness (QED) is 0.265. The molecule has 1 aromatic heterocycles. The number of unbranched alkanes of at least 4 members (excludes halogenated alkanes) is 4. The molecule has 0 spiro atoms. The second-order valence-electron chi connectivity index (χ2n) is 7.88. The molecule has 0 saturated carbocycles. The molecule has 2 atom stereocenters. The summed E-state index contributed by atoms with van der Waals surface area (Å²) in [5.41, 5.74) is 1.93. The van der Waals surface area contributed by atoms with Crippen molar-refractivity contribution in [3.63, 3.8) is 0 Å². The van der Waals surface area contributed by atoms with Crippen molar-refractivity contribution in [3.8, 4) is 5.88 Å². The van der Waals surface area contributed by atoms with Gasteiger partial charge in [0.1, 0.15) is 12.2 Å². The van der Waals surface area contributed by atoms with Crippen LogP contribution in [0, 0.1) is 0 Å². The first-order valence-electron chi connectivity index (χ1n) is 10.8. The van der Waals surface area contributed by atoms with E-state index >= 15 is 0 Å². The van der Waals surface area contributed by atoms with Crippen LogP contribution >= 0.6 is 11.7 Å². The molecule has 0 saturated heterocycles. The highest BCUT2D eigenvalue weighted by molar-refractivity contribution is 6.99. The lowest BCUT2D eigenvalue weighted by atomic mass is 10.0. The lowest BCUT2D eigenvalue weighted by molar-refractivity contribution is -0.944. The Bertz CT molecular complexity index is 664. The van der Waals surface area contributed by atoms with Gasteiger partial charge in [-0.1, -0.05) is 45.6 Å². The van der Waals surface area contributed by atoms with Crippen LogP contribution in [0.1, 0.15) is 71.4 Å². The van der Waals surface area contributed by atoms with E-state index in [9.17, 15) is 4.79 Å². The molecule has 164 valence electrons. The van der Waals surface area contributed by atoms with Crippen LogP contribution in [0.2, 0.25) is 0 Å². The van der Waals surface area contributed by atoms with Crippen molar-refractivity contribution in [2.45, 2.75) is 71.9 Å². The van der Waals surface area contributed by atoms with Crippen LogP contribution in [0.5, 0.6) is 5.88 Å². The van der Waals surface area contributed by atoms with Crippen LogP contribution in [-0.4, -0.2) is 59.0 Å². The molecule has 0 aromatic carbocycles. The number of carbonyl (C=O) groups excluding carboxylic acids is 1. The Labute approximate surface area is 179 Å². The first-order valence-corrected chi connectivity index (χ1v) is 11.6. The summed E-state index contributed by atoms with van der Waals surface area (Å²) < 4.78 is 26.0. The standard InChI is InChI=1S/C21H36N3O4S/c1-5-7-9-10-15-26-20-19(22-29-23-20)18-12-11-13-24(4,16-18)17(3)28-21(25)27-14-8-6-2/h12,17H,5-11,13-16H2,1-4H3/q+1/t17-,24?/m1/s1. The summed E-state index contributed by atoms with van der Waals surface area (Å²) in [6, 6.07) is 0. The van der Waals surface area contributed by atoms with Gasteiger partial charge >= 0.3 is 6.16 Å². The Morgan fingerprint density at radius 1 is 1.17 bits per heavy atom. The molecule has 2 rings (SSSR count). The second kappa shape index (κ2) is 12.1. The van der Waals surface area contributed by atoms with Gasteiger partial charge in [0.2, 0.25) is 6.23 Å². The Hall–Kier alpha value is -1.67. The summed E-state index contributed by atoms with van der Waals surface area (Å²) in [7, 11) is 2.10. The van der Waals surface area contributed by atoms with E-state index in [1.807, 2.05) is 6.92 Å². The van der Waals surface area contributed by atoms with Gasteiger partial charge in [-0.15, -0.1) is 4.37 Å². The number of rotatable bonds is 12. The highest BCUT2D eigenvalue weighted by Crippen LogP contribution is 2.31. The topological polar surface area (TPSA) is 70.5 Å². The van der Waals surface area contributed by atoms with E-state index < -0.39 is 6.16 Å². The van der Waals surface area contributed by atoms with Crippen LogP contribution in [0.4, 0.5) is 4.79 Å². The maximum Gasteiger partial charge on any atom is 0.512 e. The lowest BCUT2D eigenvalue weighted by Gasteiger charge is -2.41. The van der Waals surface area contributed by atoms with Gasteiger partial charge in [-0.05, 0) is 12.8 Å².